The van der Waals surface area contributed by atoms with Crippen LogP contribution in [0.15, 0.2) is 0 Å². The number of carbonyl (C=O) groups excluding carboxylic acids is 1. The number of carbonyl (C=O) groups is 1. The molecule has 7 heteroatoms. The maximum atomic E-state index is 11.8. The number of amides is 1. The van der Waals surface area contributed by atoms with Gasteiger partial charge in [-0.3, -0.25) is 4.79 Å². The molecule has 2 atom stereocenters. The van der Waals surface area contributed by atoms with Gasteiger partial charge in [0.1, 0.15) is 6.54 Å². The van der Waals surface area contributed by atoms with E-state index in [0.717, 1.165) is 0 Å². The van der Waals surface area contributed by atoms with Gasteiger partial charge in [-0.15, -0.1) is 0 Å². The predicted molar refractivity (Wildman–Crippen MR) is 57.4 cm³/mol. The largest absolute Gasteiger partial charge is 0.405 e. The number of hydrogen-bond donors (Lipinski definition) is 3. The number of alkyl halides is 3. The standard InChI is InChI=1S/C10H19F3N2O2/c1-7(16)4-3-5-14-8(2)9(17)15-6-10(11,12)13/h7-8,14,16H,3-6H2,1-2H3,(H,15,17). The fourth-order valence-corrected chi connectivity index (χ4v) is 1.15. The van der Waals surface area contributed by atoms with E-state index in [2.05, 4.69) is 5.32 Å². The normalized spacial score (nSPS) is 15.4. The highest BCUT2D eigenvalue weighted by Crippen LogP contribution is 2.12. The van der Waals surface area contributed by atoms with Crippen molar-refractivity contribution >= 4 is 5.91 Å². The molecule has 102 valence electrons. The summed E-state index contributed by atoms with van der Waals surface area (Å²) < 4.78 is 35.4. The Hall–Kier alpha value is -0.820. The molecule has 0 heterocycles. The molecule has 0 saturated carbocycles. The average Bonchev–Trinajstić information content (AvgIpc) is 2.19. The Morgan fingerprint density at radius 1 is 1.35 bits per heavy atom. The van der Waals surface area contributed by atoms with E-state index in [0.29, 0.717) is 19.4 Å². The lowest BCUT2D eigenvalue weighted by atomic mass is 10.2. The molecule has 17 heavy (non-hydrogen) atoms. The Morgan fingerprint density at radius 2 is 1.94 bits per heavy atom. The first kappa shape index (κ1) is 16.2. The lowest BCUT2D eigenvalue weighted by molar-refractivity contribution is -0.139. The molecule has 2 unspecified atom stereocenters. The molecular formula is C10H19F3N2O2. The van der Waals surface area contributed by atoms with E-state index < -0.39 is 30.8 Å². The zero-order chi connectivity index (χ0) is 13.5. The number of aliphatic hydroxyl groups is 1. The van der Waals surface area contributed by atoms with Gasteiger partial charge in [0.05, 0.1) is 12.1 Å². The zero-order valence-corrected chi connectivity index (χ0v) is 9.97. The van der Waals surface area contributed by atoms with Crippen LogP contribution in [0.25, 0.3) is 0 Å². The van der Waals surface area contributed by atoms with E-state index in [1.54, 1.807) is 12.2 Å². The van der Waals surface area contributed by atoms with Crippen LogP contribution < -0.4 is 10.6 Å². The maximum Gasteiger partial charge on any atom is 0.405 e. The van der Waals surface area contributed by atoms with Crippen molar-refractivity contribution in [2.75, 3.05) is 13.1 Å². The Bertz CT molecular complexity index is 232. The molecule has 0 aromatic rings. The molecule has 0 radical (unpaired) electrons. The highest BCUT2D eigenvalue weighted by atomic mass is 19.4. The van der Waals surface area contributed by atoms with E-state index in [9.17, 15) is 18.0 Å². The zero-order valence-electron chi connectivity index (χ0n) is 9.97. The van der Waals surface area contributed by atoms with Crippen molar-refractivity contribution in [3.63, 3.8) is 0 Å². The summed E-state index contributed by atoms with van der Waals surface area (Å²) in [4.78, 5) is 11.2. The number of hydrogen-bond acceptors (Lipinski definition) is 3. The summed E-state index contributed by atoms with van der Waals surface area (Å²) in [6, 6.07) is -0.675. The molecule has 0 aliphatic carbocycles. The van der Waals surface area contributed by atoms with Gasteiger partial charge in [0, 0.05) is 0 Å². The monoisotopic (exact) mass is 256 g/mol. The number of halogens is 3. The second-order valence-electron chi connectivity index (χ2n) is 4.00. The molecule has 0 aliphatic rings. The van der Waals surface area contributed by atoms with Crippen molar-refractivity contribution in [3.05, 3.63) is 0 Å². The second-order valence-corrected chi connectivity index (χ2v) is 4.00. The van der Waals surface area contributed by atoms with Crippen LogP contribution in [0, 0.1) is 0 Å². The van der Waals surface area contributed by atoms with Crippen LogP contribution in [0.3, 0.4) is 0 Å². The van der Waals surface area contributed by atoms with Crippen LogP contribution in [0.4, 0.5) is 13.2 Å². The van der Waals surface area contributed by atoms with E-state index in [-0.39, 0.29) is 0 Å². The van der Waals surface area contributed by atoms with Gasteiger partial charge >= 0.3 is 6.18 Å². The SMILES string of the molecule is CC(O)CCCNC(C)C(=O)NCC(F)(F)F. The van der Waals surface area contributed by atoms with Crippen LogP contribution >= 0.6 is 0 Å². The first-order valence-corrected chi connectivity index (χ1v) is 5.48. The summed E-state index contributed by atoms with van der Waals surface area (Å²) in [7, 11) is 0. The molecule has 0 aromatic heterocycles. The fraction of sp³-hybridized carbons (Fsp3) is 0.900. The third-order valence-corrected chi connectivity index (χ3v) is 2.11. The maximum absolute atomic E-state index is 11.8. The molecule has 0 fully saturated rings. The molecule has 0 saturated heterocycles. The molecule has 0 aliphatic heterocycles. The van der Waals surface area contributed by atoms with Crippen LogP contribution in [0.5, 0.6) is 0 Å². The first-order valence-electron chi connectivity index (χ1n) is 5.48. The van der Waals surface area contributed by atoms with Crippen molar-refractivity contribution in [3.8, 4) is 0 Å². The summed E-state index contributed by atoms with van der Waals surface area (Å²) in [5.74, 6) is -0.681. The third kappa shape index (κ3) is 10.1. The third-order valence-electron chi connectivity index (χ3n) is 2.11. The minimum absolute atomic E-state index is 0.411. The quantitative estimate of drug-likeness (QED) is 0.591. The van der Waals surface area contributed by atoms with Gasteiger partial charge in [-0.25, -0.2) is 0 Å². The molecule has 1 amide bonds. The summed E-state index contributed by atoms with van der Waals surface area (Å²) >= 11 is 0. The van der Waals surface area contributed by atoms with E-state index in [1.807, 2.05) is 0 Å². The molecular weight excluding hydrogens is 237 g/mol. The minimum Gasteiger partial charge on any atom is -0.393 e. The Balaban J connectivity index is 3.68. The Kier molecular flexibility index (Phi) is 7.13. The van der Waals surface area contributed by atoms with Crippen LogP contribution in [-0.2, 0) is 4.79 Å². The Labute approximate surface area is 98.6 Å². The van der Waals surface area contributed by atoms with Crippen molar-refractivity contribution in [2.24, 2.45) is 0 Å². The number of nitrogens with one attached hydrogen (secondary N) is 2. The van der Waals surface area contributed by atoms with Gasteiger partial charge in [-0.2, -0.15) is 13.2 Å². The van der Waals surface area contributed by atoms with Crippen molar-refractivity contribution in [1.29, 1.82) is 0 Å². The van der Waals surface area contributed by atoms with Crippen molar-refractivity contribution in [2.45, 2.75) is 45.0 Å². The summed E-state index contributed by atoms with van der Waals surface area (Å²) in [5.41, 5.74) is 0. The van der Waals surface area contributed by atoms with Gasteiger partial charge in [-0.05, 0) is 33.2 Å². The highest BCUT2D eigenvalue weighted by Gasteiger charge is 2.28. The van der Waals surface area contributed by atoms with Crippen molar-refractivity contribution in [1.82, 2.24) is 10.6 Å². The molecule has 0 spiro atoms. The highest BCUT2D eigenvalue weighted by molar-refractivity contribution is 5.81. The van der Waals surface area contributed by atoms with E-state index >= 15 is 0 Å². The molecule has 4 nitrogen and oxygen atoms in total. The fourth-order valence-electron chi connectivity index (χ4n) is 1.15. The first-order chi connectivity index (χ1) is 7.72. The summed E-state index contributed by atoms with van der Waals surface area (Å²) in [6.07, 6.45) is -3.55. The summed E-state index contributed by atoms with van der Waals surface area (Å²) in [5, 5.41) is 13.5. The molecule has 0 bridgehead atoms. The lowest BCUT2D eigenvalue weighted by Gasteiger charge is -2.15. The van der Waals surface area contributed by atoms with Gasteiger partial charge in [0.15, 0.2) is 0 Å². The average molecular weight is 256 g/mol. The number of rotatable bonds is 7. The number of aliphatic hydroxyl groups excluding tert-OH is 1. The predicted octanol–water partition coefficient (Wildman–Crippen LogP) is 0.804. The molecule has 0 rings (SSSR count). The second kappa shape index (κ2) is 7.50. The summed E-state index contributed by atoms with van der Waals surface area (Å²) in [6.45, 7) is 2.31. The van der Waals surface area contributed by atoms with Gasteiger partial charge < -0.3 is 15.7 Å². The van der Waals surface area contributed by atoms with Gasteiger partial charge in [0.2, 0.25) is 5.91 Å². The molecule has 0 aromatic carbocycles. The Morgan fingerprint density at radius 3 is 2.41 bits per heavy atom. The van der Waals surface area contributed by atoms with Crippen molar-refractivity contribution < 1.29 is 23.1 Å². The minimum atomic E-state index is -4.39. The van der Waals surface area contributed by atoms with Gasteiger partial charge in [0.25, 0.3) is 0 Å². The topological polar surface area (TPSA) is 61.4 Å². The lowest BCUT2D eigenvalue weighted by Crippen LogP contribution is -2.45. The smallest absolute Gasteiger partial charge is 0.393 e. The van der Waals surface area contributed by atoms with E-state index in [4.69, 9.17) is 5.11 Å². The van der Waals surface area contributed by atoms with Crippen LogP contribution in [0.2, 0.25) is 0 Å². The van der Waals surface area contributed by atoms with E-state index in [1.165, 1.54) is 6.92 Å². The van der Waals surface area contributed by atoms with Crippen LogP contribution in [0.1, 0.15) is 26.7 Å². The van der Waals surface area contributed by atoms with Gasteiger partial charge in [-0.1, -0.05) is 0 Å². The van der Waals surface area contributed by atoms with Crippen LogP contribution in [-0.4, -0.2) is 42.4 Å². The molecule has 3 N–H and O–H groups in total.